The third-order valence-corrected chi connectivity index (χ3v) is 6.80. The molecule has 2 N–H and O–H groups in total. The first kappa shape index (κ1) is 31.1. The summed E-state index contributed by atoms with van der Waals surface area (Å²) < 4.78 is 6.08. The molecule has 1 heterocycles. The van der Waals surface area contributed by atoms with E-state index in [9.17, 15) is 0 Å². The number of nitrogens with zero attached hydrogens (tertiary/aromatic N) is 1. The molecule has 2 aromatic carbocycles. The number of rotatable bonds is 13. The Hall–Kier alpha value is -3.13. The van der Waals surface area contributed by atoms with Crippen molar-refractivity contribution in [1.29, 1.82) is 0 Å². The third kappa shape index (κ3) is 11.5. The quantitative estimate of drug-likeness (QED) is 0.168. The number of hydrogen-bond acceptors (Lipinski definition) is 5. The van der Waals surface area contributed by atoms with Gasteiger partial charge >= 0.3 is 11.9 Å². The van der Waals surface area contributed by atoms with Gasteiger partial charge in [0.05, 0.1) is 0 Å². The van der Waals surface area contributed by atoms with E-state index in [1.54, 1.807) is 11.3 Å². The Kier molecular flexibility index (Phi) is 14.2. The molecule has 204 valence electrons. The van der Waals surface area contributed by atoms with Crippen LogP contribution in [0.5, 0.6) is 5.75 Å². The maximum absolute atomic E-state index is 9.10. The number of ether oxygens (including phenoxy) is 1. The molecule has 0 fully saturated rings. The van der Waals surface area contributed by atoms with Gasteiger partial charge in [0.2, 0.25) is 0 Å². The van der Waals surface area contributed by atoms with Crippen LogP contribution in [0.15, 0.2) is 66.0 Å². The second-order valence-electron chi connectivity index (χ2n) is 8.62. The summed E-state index contributed by atoms with van der Waals surface area (Å²) in [7, 11) is 0. The maximum Gasteiger partial charge on any atom is 0.414 e. The molecule has 0 radical (unpaired) electrons. The molecule has 0 amide bonds. The molecule has 0 aliphatic rings. The van der Waals surface area contributed by atoms with Crippen molar-refractivity contribution in [2.45, 2.75) is 39.5 Å². The summed E-state index contributed by atoms with van der Waals surface area (Å²) >= 11 is 7.81. The predicted octanol–water partition coefficient (Wildman–Crippen LogP) is 7.43. The number of thiophene rings is 1. The van der Waals surface area contributed by atoms with Crippen LogP contribution in [-0.2, 0) is 9.59 Å². The minimum atomic E-state index is -1.82. The summed E-state index contributed by atoms with van der Waals surface area (Å²) in [5.41, 5.74) is 3.53. The zero-order valence-corrected chi connectivity index (χ0v) is 23.5. The Balaban J connectivity index is 0.000000757. The number of unbranched alkanes of at least 4 members (excludes halogenated alkanes) is 2. The second-order valence-corrected chi connectivity index (χ2v) is 10.0. The van der Waals surface area contributed by atoms with E-state index < -0.39 is 11.9 Å². The summed E-state index contributed by atoms with van der Waals surface area (Å²) in [5.74, 6) is -2.72. The van der Waals surface area contributed by atoms with Crippen LogP contribution in [0, 0.1) is 0 Å². The van der Waals surface area contributed by atoms with Gasteiger partial charge in [-0.15, -0.1) is 11.3 Å². The Bertz CT molecular complexity index is 1110. The molecule has 38 heavy (non-hydrogen) atoms. The van der Waals surface area contributed by atoms with Gasteiger partial charge in [0.25, 0.3) is 0 Å². The fourth-order valence-electron chi connectivity index (χ4n) is 3.58. The Morgan fingerprint density at radius 2 is 1.50 bits per heavy atom. The van der Waals surface area contributed by atoms with Crippen molar-refractivity contribution in [3.63, 3.8) is 0 Å². The molecule has 3 aromatic rings. The number of aliphatic carboxylic acids is 2. The van der Waals surface area contributed by atoms with Crippen LogP contribution in [0.25, 0.3) is 11.6 Å². The van der Waals surface area contributed by atoms with Crippen LogP contribution in [0.4, 0.5) is 0 Å². The Morgan fingerprint density at radius 3 is 2.00 bits per heavy atom. The van der Waals surface area contributed by atoms with Crippen LogP contribution in [0.1, 0.15) is 55.5 Å². The van der Waals surface area contributed by atoms with E-state index in [2.05, 4.69) is 78.7 Å². The van der Waals surface area contributed by atoms with Gasteiger partial charge in [-0.1, -0.05) is 68.6 Å². The minimum absolute atomic E-state index is 0.727. The summed E-state index contributed by atoms with van der Waals surface area (Å²) in [5, 5.41) is 17.7. The zero-order chi connectivity index (χ0) is 27.8. The van der Waals surface area contributed by atoms with Crippen molar-refractivity contribution in [2.24, 2.45) is 0 Å². The number of carbonyl (C=O) groups is 2. The molecule has 0 aliphatic heterocycles. The van der Waals surface area contributed by atoms with Crippen molar-refractivity contribution in [3.05, 3.63) is 87.1 Å². The van der Waals surface area contributed by atoms with Gasteiger partial charge in [-0.3, -0.25) is 4.90 Å². The van der Waals surface area contributed by atoms with Gasteiger partial charge in [0.1, 0.15) is 12.4 Å². The average molecular weight is 558 g/mol. The highest BCUT2D eigenvalue weighted by Gasteiger charge is 2.09. The lowest BCUT2D eigenvalue weighted by Crippen LogP contribution is -2.30. The average Bonchev–Trinajstić information content (AvgIpc) is 3.45. The van der Waals surface area contributed by atoms with E-state index in [-0.39, 0.29) is 0 Å². The van der Waals surface area contributed by atoms with Crippen LogP contribution in [0.3, 0.4) is 0 Å². The number of halogens is 1. The van der Waals surface area contributed by atoms with Crippen molar-refractivity contribution in [1.82, 2.24) is 4.90 Å². The fraction of sp³-hybridized carbons (Fsp3) is 0.333. The van der Waals surface area contributed by atoms with Crippen molar-refractivity contribution >= 4 is 46.5 Å². The maximum atomic E-state index is 9.10. The molecular weight excluding hydrogens is 522 g/mol. The topological polar surface area (TPSA) is 87.1 Å². The largest absolute Gasteiger partial charge is 0.492 e. The predicted molar refractivity (Wildman–Crippen MR) is 156 cm³/mol. The smallest absolute Gasteiger partial charge is 0.414 e. The number of benzene rings is 2. The van der Waals surface area contributed by atoms with E-state index in [1.807, 2.05) is 12.1 Å². The van der Waals surface area contributed by atoms with Crippen molar-refractivity contribution in [2.75, 3.05) is 26.2 Å². The van der Waals surface area contributed by atoms with Gasteiger partial charge in [0, 0.05) is 16.4 Å². The standard InChI is InChI=1S/C28H34ClNOS.C2H2O4/c1-3-5-17-30(18-6-4-2)19-20-31-26-15-11-24(12-16-26)27(28-8-7-21-32-28)22-23-9-13-25(29)14-10-23;3-1(4)2(5)6/h7-16,21-22H,3-6,17-20H2,1-2H3;(H,3,4)(H,5,6). The minimum Gasteiger partial charge on any atom is -0.492 e. The molecular formula is C30H36ClNO5S. The second kappa shape index (κ2) is 17.4. The van der Waals surface area contributed by atoms with Gasteiger partial charge in [-0.05, 0) is 84.4 Å². The number of carboxylic acids is 2. The van der Waals surface area contributed by atoms with Crippen molar-refractivity contribution in [3.8, 4) is 5.75 Å². The molecule has 0 saturated heterocycles. The van der Waals surface area contributed by atoms with Gasteiger partial charge in [-0.2, -0.15) is 0 Å². The lowest BCUT2D eigenvalue weighted by atomic mass is 10.0. The highest BCUT2D eigenvalue weighted by molar-refractivity contribution is 7.11. The van der Waals surface area contributed by atoms with Crippen LogP contribution < -0.4 is 4.74 Å². The van der Waals surface area contributed by atoms with Gasteiger partial charge in [0.15, 0.2) is 0 Å². The fourth-order valence-corrected chi connectivity index (χ4v) is 4.47. The highest BCUT2D eigenvalue weighted by Crippen LogP contribution is 2.30. The van der Waals surface area contributed by atoms with E-state index in [0.717, 1.165) is 29.5 Å². The summed E-state index contributed by atoms with van der Waals surface area (Å²) in [6.45, 7) is 8.55. The first-order chi connectivity index (χ1) is 18.3. The van der Waals surface area contributed by atoms with E-state index in [0.29, 0.717) is 0 Å². The molecule has 0 saturated carbocycles. The molecule has 0 unspecified atom stereocenters. The highest BCUT2D eigenvalue weighted by atomic mass is 35.5. The molecule has 1 aromatic heterocycles. The first-order valence-electron chi connectivity index (χ1n) is 12.8. The summed E-state index contributed by atoms with van der Waals surface area (Å²) in [4.78, 5) is 22.0. The van der Waals surface area contributed by atoms with E-state index in [1.165, 1.54) is 54.8 Å². The normalized spacial score (nSPS) is 11.1. The first-order valence-corrected chi connectivity index (χ1v) is 14.0. The third-order valence-electron chi connectivity index (χ3n) is 5.65. The summed E-state index contributed by atoms with van der Waals surface area (Å²) in [6.07, 6.45) is 7.20. The number of hydrogen-bond donors (Lipinski definition) is 2. The van der Waals surface area contributed by atoms with E-state index >= 15 is 0 Å². The van der Waals surface area contributed by atoms with Crippen LogP contribution >= 0.6 is 22.9 Å². The molecule has 0 atom stereocenters. The molecule has 3 rings (SSSR count). The lowest BCUT2D eigenvalue weighted by Gasteiger charge is -2.22. The van der Waals surface area contributed by atoms with Crippen LogP contribution in [0.2, 0.25) is 5.02 Å². The van der Waals surface area contributed by atoms with Gasteiger partial charge in [-0.25, -0.2) is 9.59 Å². The van der Waals surface area contributed by atoms with Gasteiger partial charge < -0.3 is 14.9 Å². The Morgan fingerprint density at radius 1 is 0.895 bits per heavy atom. The van der Waals surface area contributed by atoms with Crippen molar-refractivity contribution < 1.29 is 24.5 Å². The lowest BCUT2D eigenvalue weighted by molar-refractivity contribution is -0.159. The Labute approximate surface area is 234 Å². The zero-order valence-electron chi connectivity index (χ0n) is 21.9. The molecule has 0 spiro atoms. The molecule has 8 heteroatoms. The monoisotopic (exact) mass is 557 g/mol. The SMILES string of the molecule is CCCCN(CCCC)CCOc1ccc(C(=Cc2ccc(Cl)cc2)c2cccs2)cc1.O=C(O)C(=O)O. The van der Waals surface area contributed by atoms with Crippen LogP contribution in [-0.4, -0.2) is 53.3 Å². The van der Waals surface area contributed by atoms with E-state index in [4.69, 9.17) is 36.1 Å². The molecule has 0 bridgehead atoms. The molecule has 0 aliphatic carbocycles. The number of carboxylic acid groups (broad SMARTS) is 2. The molecule has 6 nitrogen and oxygen atoms in total. The summed E-state index contributed by atoms with van der Waals surface area (Å²) in [6, 6.07) is 20.7.